The highest BCUT2D eigenvalue weighted by Gasteiger charge is 2.21. The molecule has 17 heavy (non-hydrogen) atoms. The fraction of sp³-hybridized carbons (Fsp3) is 0.700. The van der Waals surface area contributed by atoms with Crippen LogP contribution in [0.2, 0.25) is 4.47 Å². The maximum atomic E-state index is 12.0. The van der Waals surface area contributed by atoms with Crippen molar-refractivity contribution in [1.29, 1.82) is 0 Å². The second kappa shape index (κ2) is 5.22. The molecule has 0 aliphatic heterocycles. The van der Waals surface area contributed by atoms with Crippen LogP contribution >= 0.6 is 22.9 Å². The van der Waals surface area contributed by atoms with E-state index in [1.54, 1.807) is 6.92 Å². The molecule has 1 aromatic rings. The van der Waals surface area contributed by atoms with Gasteiger partial charge in [-0.05, 0) is 18.8 Å². The van der Waals surface area contributed by atoms with E-state index in [4.69, 9.17) is 11.6 Å². The van der Waals surface area contributed by atoms with Crippen LogP contribution < -0.4 is 4.72 Å². The molecule has 0 saturated carbocycles. The largest absolute Gasteiger partial charge is 0.251 e. The van der Waals surface area contributed by atoms with Crippen LogP contribution in [0.5, 0.6) is 0 Å². The number of sulfonamides is 1. The van der Waals surface area contributed by atoms with Gasteiger partial charge in [0, 0.05) is 6.54 Å². The molecule has 1 rings (SSSR count). The maximum absolute atomic E-state index is 12.0. The lowest BCUT2D eigenvalue weighted by Crippen LogP contribution is -2.27. The molecule has 0 aromatic carbocycles. The van der Waals surface area contributed by atoms with Gasteiger partial charge < -0.3 is 0 Å². The highest BCUT2D eigenvalue weighted by Crippen LogP contribution is 2.26. The van der Waals surface area contributed by atoms with Gasteiger partial charge in [0.1, 0.15) is 0 Å². The van der Waals surface area contributed by atoms with Gasteiger partial charge >= 0.3 is 0 Å². The van der Waals surface area contributed by atoms with Crippen molar-refractivity contribution in [2.45, 2.75) is 38.3 Å². The van der Waals surface area contributed by atoms with Gasteiger partial charge in [-0.3, -0.25) is 0 Å². The van der Waals surface area contributed by atoms with Crippen LogP contribution in [-0.4, -0.2) is 19.9 Å². The molecule has 0 saturated heterocycles. The lowest BCUT2D eigenvalue weighted by molar-refractivity contribution is 0.378. The predicted molar refractivity (Wildman–Crippen MR) is 71.1 cm³/mol. The lowest BCUT2D eigenvalue weighted by atomic mass is 9.93. The smallest absolute Gasteiger partial charge is 0.229 e. The van der Waals surface area contributed by atoms with Crippen molar-refractivity contribution in [3.63, 3.8) is 0 Å². The van der Waals surface area contributed by atoms with Crippen LogP contribution in [0.15, 0.2) is 4.21 Å². The van der Waals surface area contributed by atoms with Crippen LogP contribution in [-0.2, 0) is 10.0 Å². The molecule has 1 N–H and O–H groups in total. The summed E-state index contributed by atoms with van der Waals surface area (Å²) in [7, 11) is -3.47. The van der Waals surface area contributed by atoms with Crippen molar-refractivity contribution in [2.24, 2.45) is 5.41 Å². The molecule has 0 aliphatic rings. The highest BCUT2D eigenvalue weighted by atomic mass is 35.5. The van der Waals surface area contributed by atoms with E-state index < -0.39 is 10.0 Å². The van der Waals surface area contributed by atoms with Gasteiger partial charge in [-0.2, -0.15) is 0 Å². The third-order valence-corrected chi connectivity index (χ3v) is 5.47. The lowest BCUT2D eigenvalue weighted by Gasteiger charge is -2.17. The number of nitrogens with one attached hydrogen (secondary N) is 1. The van der Waals surface area contributed by atoms with Gasteiger partial charge in [0.25, 0.3) is 10.0 Å². The van der Waals surface area contributed by atoms with Crippen molar-refractivity contribution in [3.8, 4) is 0 Å². The molecule has 4 nitrogen and oxygen atoms in total. The molecule has 0 amide bonds. The Morgan fingerprint density at radius 1 is 1.41 bits per heavy atom. The van der Waals surface area contributed by atoms with Gasteiger partial charge in [0.2, 0.25) is 0 Å². The van der Waals surface area contributed by atoms with Crippen LogP contribution in [0.3, 0.4) is 0 Å². The van der Waals surface area contributed by atoms with E-state index in [1.165, 1.54) is 0 Å². The molecule has 1 aromatic heterocycles. The van der Waals surface area contributed by atoms with E-state index in [9.17, 15) is 8.42 Å². The summed E-state index contributed by atoms with van der Waals surface area (Å²) in [5.74, 6) is 0. The second-order valence-electron chi connectivity index (χ2n) is 5.05. The predicted octanol–water partition coefficient (Wildman–Crippen LogP) is 2.82. The Bertz CT molecular complexity index is 489. The summed E-state index contributed by atoms with van der Waals surface area (Å²) in [6, 6.07) is 0. The van der Waals surface area contributed by atoms with E-state index in [0.29, 0.717) is 12.2 Å². The first kappa shape index (κ1) is 14.9. The van der Waals surface area contributed by atoms with Crippen LogP contribution in [0.1, 0.15) is 32.9 Å². The molecule has 0 bridgehead atoms. The second-order valence-corrected chi connectivity index (χ2v) is 8.59. The quantitative estimate of drug-likeness (QED) is 0.929. The standard InChI is InChI=1S/C10H17ClN2O2S2/c1-7-8(16-9(11)13-7)17(14,15)12-6-5-10(2,3)4/h12H,5-6H2,1-4H3. The minimum atomic E-state index is -3.47. The first-order chi connectivity index (χ1) is 7.62. The third-order valence-electron chi connectivity index (χ3n) is 2.14. The number of thiazole rings is 1. The fourth-order valence-electron chi connectivity index (χ4n) is 1.23. The fourth-order valence-corrected chi connectivity index (χ4v) is 4.04. The number of rotatable bonds is 4. The average Bonchev–Trinajstić information content (AvgIpc) is 2.43. The third kappa shape index (κ3) is 4.54. The molecule has 0 spiro atoms. The van der Waals surface area contributed by atoms with Gasteiger partial charge in [-0.25, -0.2) is 18.1 Å². The maximum Gasteiger partial charge on any atom is 0.251 e. The van der Waals surface area contributed by atoms with E-state index in [-0.39, 0.29) is 14.1 Å². The monoisotopic (exact) mass is 296 g/mol. The van der Waals surface area contributed by atoms with Crippen LogP contribution in [0.4, 0.5) is 0 Å². The number of nitrogens with zero attached hydrogens (tertiary/aromatic N) is 1. The van der Waals surface area contributed by atoms with E-state index in [1.807, 2.05) is 0 Å². The first-order valence-corrected chi connectivity index (χ1v) is 7.92. The van der Waals surface area contributed by atoms with E-state index >= 15 is 0 Å². The number of aryl methyl sites for hydroxylation is 1. The average molecular weight is 297 g/mol. The highest BCUT2D eigenvalue weighted by molar-refractivity contribution is 7.91. The zero-order valence-corrected chi connectivity index (χ0v) is 12.8. The molecule has 7 heteroatoms. The number of halogens is 1. The van der Waals surface area contributed by atoms with Crippen molar-refractivity contribution < 1.29 is 8.42 Å². The van der Waals surface area contributed by atoms with Gasteiger partial charge in [-0.15, -0.1) is 0 Å². The Balaban J connectivity index is 2.73. The molecule has 0 atom stereocenters. The summed E-state index contributed by atoms with van der Waals surface area (Å²) in [6.45, 7) is 8.25. The Hall–Kier alpha value is -0.170. The van der Waals surface area contributed by atoms with Gasteiger partial charge in [0.05, 0.1) is 5.69 Å². The number of aromatic nitrogens is 1. The number of hydrogen-bond donors (Lipinski definition) is 1. The summed E-state index contributed by atoms with van der Waals surface area (Å²) in [5, 5.41) is 0. The Labute approximate surface area is 111 Å². The minimum absolute atomic E-state index is 0.100. The van der Waals surface area contributed by atoms with E-state index in [2.05, 4.69) is 30.5 Å². The van der Waals surface area contributed by atoms with Crippen molar-refractivity contribution >= 4 is 33.0 Å². The van der Waals surface area contributed by atoms with Gasteiger partial charge in [0.15, 0.2) is 8.68 Å². The Kier molecular flexibility index (Phi) is 4.57. The first-order valence-electron chi connectivity index (χ1n) is 5.24. The molecular weight excluding hydrogens is 280 g/mol. The zero-order chi connectivity index (χ0) is 13.3. The zero-order valence-electron chi connectivity index (χ0n) is 10.4. The molecule has 0 fully saturated rings. The molecular formula is C10H17ClN2O2S2. The van der Waals surface area contributed by atoms with Crippen LogP contribution in [0, 0.1) is 12.3 Å². The van der Waals surface area contributed by atoms with Crippen molar-refractivity contribution in [1.82, 2.24) is 9.71 Å². The normalized spacial score (nSPS) is 13.0. The minimum Gasteiger partial charge on any atom is -0.229 e. The number of hydrogen-bond acceptors (Lipinski definition) is 4. The van der Waals surface area contributed by atoms with E-state index in [0.717, 1.165) is 17.8 Å². The molecule has 0 aliphatic carbocycles. The summed E-state index contributed by atoms with van der Waals surface area (Å²) in [6.07, 6.45) is 0.776. The summed E-state index contributed by atoms with van der Waals surface area (Å²) in [5.41, 5.74) is 0.548. The Morgan fingerprint density at radius 2 is 2.00 bits per heavy atom. The molecule has 98 valence electrons. The van der Waals surface area contributed by atoms with Crippen molar-refractivity contribution in [3.05, 3.63) is 10.2 Å². The summed E-state index contributed by atoms with van der Waals surface area (Å²) >= 11 is 6.68. The molecule has 0 unspecified atom stereocenters. The van der Waals surface area contributed by atoms with Gasteiger partial charge in [-0.1, -0.05) is 43.7 Å². The SMILES string of the molecule is Cc1nc(Cl)sc1S(=O)(=O)NCCC(C)(C)C. The van der Waals surface area contributed by atoms with Crippen molar-refractivity contribution in [2.75, 3.05) is 6.54 Å². The Morgan fingerprint density at radius 3 is 2.41 bits per heavy atom. The topological polar surface area (TPSA) is 59.1 Å². The van der Waals surface area contributed by atoms with Crippen LogP contribution in [0.25, 0.3) is 0 Å². The summed E-state index contributed by atoms with van der Waals surface area (Å²) < 4.78 is 26.9. The molecule has 0 radical (unpaired) electrons. The molecule has 1 heterocycles. The summed E-state index contributed by atoms with van der Waals surface area (Å²) in [4.78, 5) is 3.90.